The molecule has 1 aromatic heterocycles. The molecule has 2 aliphatic rings. The van der Waals surface area contributed by atoms with E-state index in [1.807, 2.05) is 4.68 Å². The maximum Gasteiger partial charge on any atom is 0.225 e. The van der Waals surface area contributed by atoms with E-state index in [-0.39, 0.29) is 11.5 Å². The molecule has 6 nitrogen and oxygen atoms in total. The molecular weight excluding hydrogens is 316 g/mol. The minimum atomic E-state index is -0.176. The van der Waals surface area contributed by atoms with Crippen LogP contribution in [0.4, 0.5) is 0 Å². The highest BCUT2D eigenvalue weighted by Crippen LogP contribution is 2.31. The third-order valence-corrected chi connectivity index (χ3v) is 5.37. The van der Waals surface area contributed by atoms with Gasteiger partial charge in [0.1, 0.15) is 0 Å². The summed E-state index contributed by atoms with van der Waals surface area (Å²) in [6, 6.07) is 0.364. The van der Waals surface area contributed by atoms with Gasteiger partial charge in [0.2, 0.25) is 5.91 Å². The average Bonchev–Trinajstić information content (AvgIpc) is 3.01. The molecular formula is C19H32N4O2. The maximum absolute atomic E-state index is 12.8. The Morgan fingerprint density at radius 3 is 2.68 bits per heavy atom. The van der Waals surface area contributed by atoms with Crippen molar-refractivity contribution in [3.63, 3.8) is 0 Å². The van der Waals surface area contributed by atoms with Crippen molar-refractivity contribution >= 4 is 5.91 Å². The summed E-state index contributed by atoms with van der Waals surface area (Å²) in [5.74, 6) is 1.02. The second-order valence-electron chi connectivity index (χ2n) is 8.64. The lowest BCUT2D eigenvalue weighted by Gasteiger charge is -2.39. The van der Waals surface area contributed by atoms with Gasteiger partial charge >= 0.3 is 0 Å². The number of rotatable bonds is 4. The fourth-order valence-corrected chi connectivity index (χ4v) is 4.06. The van der Waals surface area contributed by atoms with Crippen LogP contribution >= 0.6 is 0 Å². The largest absolute Gasteiger partial charge is 0.376 e. The SMILES string of the molecule is CC(C)Cc1cn(C2CCN(C(=O)C3CCOC(C)(C)C3)CC2)nn1. The molecule has 0 N–H and O–H groups in total. The molecule has 3 rings (SSSR count). The smallest absolute Gasteiger partial charge is 0.225 e. The van der Waals surface area contributed by atoms with E-state index in [9.17, 15) is 4.79 Å². The molecule has 0 aliphatic carbocycles. The highest BCUT2D eigenvalue weighted by molar-refractivity contribution is 5.79. The number of hydrogen-bond donors (Lipinski definition) is 0. The highest BCUT2D eigenvalue weighted by Gasteiger charge is 2.36. The summed E-state index contributed by atoms with van der Waals surface area (Å²) in [6.45, 7) is 10.9. The first-order valence-corrected chi connectivity index (χ1v) is 9.67. The Balaban J connectivity index is 1.53. The van der Waals surface area contributed by atoms with Crippen molar-refractivity contribution in [2.45, 2.75) is 71.4 Å². The Bertz CT molecular complexity index is 588. The van der Waals surface area contributed by atoms with Crippen LogP contribution in [0.5, 0.6) is 0 Å². The second kappa shape index (κ2) is 7.44. The van der Waals surface area contributed by atoms with E-state index in [0.717, 1.165) is 50.9 Å². The molecule has 25 heavy (non-hydrogen) atoms. The van der Waals surface area contributed by atoms with Crippen molar-refractivity contribution in [3.8, 4) is 0 Å². The number of likely N-dealkylation sites (tertiary alicyclic amines) is 1. The molecule has 2 saturated heterocycles. The minimum absolute atomic E-state index is 0.115. The topological polar surface area (TPSA) is 60.2 Å². The van der Waals surface area contributed by atoms with Crippen LogP contribution in [0, 0.1) is 11.8 Å². The van der Waals surface area contributed by atoms with Crippen molar-refractivity contribution in [3.05, 3.63) is 11.9 Å². The fourth-order valence-electron chi connectivity index (χ4n) is 4.06. The van der Waals surface area contributed by atoms with Crippen LogP contribution in [-0.2, 0) is 16.0 Å². The van der Waals surface area contributed by atoms with Crippen LogP contribution in [-0.4, -0.2) is 51.1 Å². The zero-order valence-electron chi connectivity index (χ0n) is 16.1. The van der Waals surface area contributed by atoms with Crippen LogP contribution in [0.25, 0.3) is 0 Å². The van der Waals surface area contributed by atoms with Crippen LogP contribution in [0.1, 0.15) is 65.1 Å². The number of hydrogen-bond acceptors (Lipinski definition) is 4. The number of ether oxygens (including phenoxy) is 1. The number of nitrogens with zero attached hydrogens (tertiary/aromatic N) is 4. The zero-order valence-corrected chi connectivity index (χ0v) is 16.1. The standard InChI is InChI=1S/C19H32N4O2/c1-14(2)11-16-13-23(21-20-16)17-5-8-22(9-6-17)18(24)15-7-10-25-19(3,4)12-15/h13-15,17H,5-12H2,1-4H3. The summed E-state index contributed by atoms with van der Waals surface area (Å²) in [4.78, 5) is 14.9. The molecule has 0 saturated carbocycles. The predicted molar refractivity (Wildman–Crippen MR) is 96.2 cm³/mol. The molecule has 0 spiro atoms. The monoisotopic (exact) mass is 348 g/mol. The van der Waals surface area contributed by atoms with Gasteiger partial charge in [0.05, 0.1) is 17.3 Å². The van der Waals surface area contributed by atoms with Crippen LogP contribution in [0.2, 0.25) is 0 Å². The zero-order chi connectivity index (χ0) is 18.0. The van der Waals surface area contributed by atoms with Crippen LogP contribution < -0.4 is 0 Å². The summed E-state index contributed by atoms with van der Waals surface area (Å²) in [5, 5.41) is 8.61. The van der Waals surface area contributed by atoms with Gasteiger partial charge in [0.25, 0.3) is 0 Å². The van der Waals surface area contributed by atoms with Gasteiger partial charge in [-0.15, -0.1) is 5.10 Å². The van der Waals surface area contributed by atoms with E-state index in [0.29, 0.717) is 24.5 Å². The van der Waals surface area contributed by atoms with Crippen molar-refractivity contribution in [1.29, 1.82) is 0 Å². The van der Waals surface area contributed by atoms with Crippen molar-refractivity contribution in [2.24, 2.45) is 11.8 Å². The summed E-state index contributed by atoms with van der Waals surface area (Å²) in [6.07, 6.45) is 6.66. The van der Waals surface area contributed by atoms with Gasteiger partial charge in [0, 0.05) is 31.8 Å². The molecule has 2 aliphatic heterocycles. The van der Waals surface area contributed by atoms with Crippen molar-refractivity contribution < 1.29 is 9.53 Å². The number of carbonyl (C=O) groups excluding carboxylic acids is 1. The second-order valence-corrected chi connectivity index (χ2v) is 8.64. The maximum atomic E-state index is 12.8. The molecule has 6 heteroatoms. The Morgan fingerprint density at radius 2 is 2.04 bits per heavy atom. The molecule has 1 aromatic rings. The molecule has 1 amide bonds. The minimum Gasteiger partial charge on any atom is -0.376 e. The Labute approximate surface area is 150 Å². The Kier molecular flexibility index (Phi) is 5.46. The molecule has 1 unspecified atom stereocenters. The van der Waals surface area contributed by atoms with Gasteiger partial charge in [-0.25, -0.2) is 4.68 Å². The number of piperidine rings is 1. The quantitative estimate of drug-likeness (QED) is 0.839. The van der Waals surface area contributed by atoms with E-state index in [1.54, 1.807) is 0 Å². The molecule has 0 bridgehead atoms. The van der Waals surface area contributed by atoms with Crippen LogP contribution in [0.15, 0.2) is 6.20 Å². The lowest BCUT2D eigenvalue weighted by molar-refractivity contribution is -0.146. The van der Waals surface area contributed by atoms with Crippen molar-refractivity contribution in [1.82, 2.24) is 19.9 Å². The van der Waals surface area contributed by atoms with E-state index in [2.05, 4.69) is 49.1 Å². The first-order valence-electron chi connectivity index (χ1n) is 9.67. The van der Waals surface area contributed by atoms with Gasteiger partial charge in [-0.1, -0.05) is 19.1 Å². The third kappa shape index (κ3) is 4.60. The van der Waals surface area contributed by atoms with E-state index >= 15 is 0 Å². The fraction of sp³-hybridized carbons (Fsp3) is 0.842. The lowest BCUT2D eigenvalue weighted by Crippen LogP contribution is -2.46. The van der Waals surface area contributed by atoms with E-state index in [4.69, 9.17) is 4.74 Å². The van der Waals surface area contributed by atoms with Gasteiger partial charge in [-0.3, -0.25) is 4.79 Å². The van der Waals surface area contributed by atoms with Crippen LogP contribution in [0.3, 0.4) is 0 Å². The molecule has 0 aromatic carbocycles. The normalized spacial score (nSPS) is 24.7. The highest BCUT2D eigenvalue weighted by atomic mass is 16.5. The number of carbonyl (C=O) groups is 1. The summed E-state index contributed by atoms with van der Waals surface area (Å²) < 4.78 is 7.76. The van der Waals surface area contributed by atoms with Gasteiger partial charge in [-0.05, 0) is 51.9 Å². The molecule has 140 valence electrons. The van der Waals surface area contributed by atoms with E-state index < -0.39 is 0 Å². The van der Waals surface area contributed by atoms with Crippen molar-refractivity contribution in [2.75, 3.05) is 19.7 Å². The molecule has 0 radical (unpaired) electrons. The predicted octanol–water partition coefficient (Wildman–Crippen LogP) is 2.85. The summed E-state index contributed by atoms with van der Waals surface area (Å²) in [7, 11) is 0. The number of amides is 1. The third-order valence-electron chi connectivity index (χ3n) is 5.37. The summed E-state index contributed by atoms with van der Waals surface area (Å²) >= 11 is 0. The van der Waals surface area contributed by atoms with Gasteiger partial charge < -0.3 is 9.64 Å². The Hall–Kier alpha value is -1.43. The molecule has 1 atom stereocenters. The lowest BCUT2D eigenvalue weighted by atomic mass is 9.87. The average molecular weight is 348 g/mol. The van der Waals surface area contributed by atoms with Gasteiger partial charge in [-0.2, -0.15) is 0 Å². The molecule has 3 heterocycles. The molecule has 2 fully saturated rings. The first-order chi connectivity index (χ1) is 11.8. The number of aromatic nitrogens is 3. The van der Waals surface area contributed by atoms with Gasteiger partial charge in [0.15, 0.2) is 0 Å². The first kappa shape index (κ1) is 18.4. The Morgan fingerprint density at radius 1 is 1.32 bits per heavy atom. The summed E-state index contributed by atoms with van der Waals surface area (Å²) in [5.41, 5.74) is 0.891. The van der Waals surface area contributed by atoms with E-state index in [1.165, 1.54) is 0 Å².